The topological polar surface area (TPSA) is 41.6 Å². The highest BCUT2D eigenvalue weighted by molar-refractivity contribution is 7.71. The Morgan fingerprint density at radius 2 is 1.47 bits per heavy atom. The van der Waals surface area contributed by atoms with E-state index in [0.717, 1.165) is 25.2 Å². The molecule has 0 amide bonds. The number of hydrogen-bond acceptors (Lipinski definition) is 5. The van der Waals surface area contributed by atoms with Crippen LogP contribution in [0.1, 0.15) is 17.0 Å². The zero-order valence-electron chi connectivity index (χ0n) is 17.9. The zero-order chi connectivity index (χ0) is 24.3. The number of aromatic nitrogens is 3. The Balaban J connectivity index is 1.44. The number of rotatable bonds is 6. The molecule has 0 saturated carbocycles. The summed E-state index contributed by atoms with van der Waals surface area (Å²) in [5.41, 5.74) is 1.75. The van der Waals surface area contributed by atoms with Crippen LogP contribution in [-0.4, -0.2) is 56.7 Å². The van der Waals surface area contributed by atoms with Crippen molar-refractivity contribution in [1.82, 2.24) is 24.3 Å². The van der Waals surface area contributed by atoms with E-state index in [4.69, 9.17) is 35.4 Å². The van der Waals surface area contributed by atoms with E-state index >= 15 is 0 Å². The van der Waals surface area contributed by atoms with Crippen molar-refractivity contribution < 1.29 is 13.2 Å². The van der Waals surface area contributed by atoms with Crippen LogP contribution in [0.5, 0.6) is 0 Å². The Kier molecular flexibility index (Phi) is 7.73. The maximum atomic E-state index is 13.6. The average Bonchev–Trinajstić information content (AvgIpc) is 3.12. The van der Waals surface area contributed by atoms with E-state index in [1.54, 1.807) is 24.3 Å². The van der Waals surface area contributed by atoms with Crippen LogP contribution in [0, 0.1) is 4.77 Å². The second-order valence-corrected chi connectivity index (χ2v) is 9.11. The molecule has 1 aliphatic heterocycles. The van der Waals surface area contributed by atoms with Gasteiger partial charge in [-0.05, 0) is 47.6 Å². The van der Waals surface area contributed by atoms with Gasteiger partial charge in [0.2, 0.25) is 4.77 Å². The van der Waals surface area contributed by atoms with Crippen LogP contribution in [0.25, 0.3) is 0 Å². The predicted molar refractivity (Wildman–Crippen MR) is 129 cm³/mol. The van der Waals surface area contributed by atoms with Gasteiger partial charge in [-0.15, -0.1) is 5.10 Å². The second-order valence-electron chi connectivity index (χ2n) is 7.87. The van der Waals surface area contributed by atoms with Gasteiger partial charge in [-0.25, -0.2) is 4.68 Å². The summed E-state index contributed by atoms with van der Waals surface area (Å²) in [5, 5.41) is 8.91. The standard InChI is InChI=1S/C22H21Cl2F3N6S/c23-18-5-1-16(2-6-18)13-28-33-20(22(25,26)27)29-32(21(33)34)15-31-11-9-30(10-12-31)14-17-3-7-19(24)8-4-17/h1-8,13H,9-12,14-15H2/b28-13+. The molecule has 0 bridgehead atoms. The zero-order valence-corrected chi connectivity index (χ0v) is 20.2. The Morgan fingerprint density at radius 3 is 2.06 bits per heavy atom. The van der Waals surface area contributed by atoms with Gasteiger partial charge in [-0.1, -0.05) is 47.5 Å². The molecule has 12 heteroatoms. The van der Waals surface area contributed by atoms with Crippen LogP contribution in [0.2, 0.25) is 10.0 Å². The van der Waals surface area contributed by atoms with E-state index < -0.39 is 12.0 Å². The summed E-state index contributed by atoms with van der Waals surface area (Å²) in [5.74, 6) is -1.16. The van der Waals surface area contributed by atoms with Crippen molar-refractivity contribution in [2.45, 2.75) is 19.4 Å². The van der Waals surface area contributed by atoms with Crippen LogP contribution in [-0.2, 0) is 19.4 Å². The van der Waals surface area contributed by atoms with E-state index in [-0.39, 0.29) is 11.4 Å². The lowest BCUT2D eigenvalue weighted by Gasteiger charge is -2.34. The lowest BCUT2D eigenvalue weighted by Crippen LogP contribution is -2.46. The van der Waals surface area contributed by atoms with E-state index in [1.165, 1.54) is 10.9 Å². The molecule has 6 nitrogen and oxygen atoms in total. The average molecular weight is 529 g/mol. The van der Waals surface area contributed by atoms with Gasteiger partial charge in [0.15, 0.2) is 0 Å². The summed E-state index contributed by atoms with van der Waals surface area (Å²) in [6, 6.07) is 14.3. The van der Waals surface area contributed by atoms with Crippen molar-refractivity contribution >= 4 is 41.6 Å². The largest absolute Gasteiger partial charge is 0.453 e. The molecule has 1 aromatic heterocycles. The molecule has 2 heterocycles. The Hall–Kier alpha value is -2.24. The van der Waals surface area contributed by atoms with Crippen molar-refractivity contribution in [3.05, 3.63) is 80.3 Å². The summed E-state index contributed by atoms with van der Waals surface area (Å²) < 4.78 is 42.6. The number of alkyl halides is 3. The van der Waals surface area contributed by atoms with Gasteiger partial charge in [-0.2, -0.15) is 22.9 Å². The molecule has 1 fully saturated rings. The van der Waals surface area contributed by atoms with Crippen molar-refractivity contribution in [3.63, 3.8) is 0 Å². The van der Waals surface area contributed by atoms with E-state index in [2.05, 4.69) is 15.1 Å². The van der Waals surface area contributed by atoms with Crippen LogP contribution in [0.4, 0.5) is 13.2 Å². The first kappa shape index (κ1) is 24.9. The van der Waals surface area contributed by atoms with Gasteiger partial charge >= 0.3 is 6.18 Å². The summed E-state index contributed by atoms with van der Waals surface area (Å²) in [6.45, 7) is 3.85. The molecule has 2 aromatic carbocycles. The molecule has 1 aliphatic rings. The normalized spacial score (nSPS) is 15.9. The first-order valence-corrected chi connectivity index (χ1v) is 11.6. The minimum Gasteiger partial charge on any atom is -0.297 e. The molecular weight excluding hydrogens is 508 g/mol. The van der Waals surface area contributed by atoms with Gasteiger partial charge in [0.05, 0.1) is 12.9 Å². The maximum Gasteiger partial charge on any atom is 0.453 e. The van der Waals surface area contributed by atoms with Crippen molar-refractivity contribution in [1.29, 1.82) is 0 Å². The van der Waals surface area contributed by atoms with E-state index in [0.29, 0.717) is 33.4 Å². The first-order valence-electron chi connectivity index (χ1n) is 10.5. The summed E-state index contributed by atoms with van der Waals surface area (Å²) in [7, 11) is 0. The van der Waals surface area contributed by atoms with Gasteiger partial charge < -0.3 is 0 Å². The van der Waals surface area contributed by atoms with Crippen molar-refractivity contribution in [3.8, 4) is 0 Å². The Labute approximate surface area is 209 Å². The molecule has 4 rings (SSSR count). The van der Waals surface area contributed by atoms with Gasteiger partial charge in [-0.3, -0.25) is 9.80 Å². The third-order valence-corrected chi connectivity index (χ3v) is 6.27. The molecule has 0 atom stereocenters. The third kappa shape index (κ3) is 6.25. The Bertz CT molecular complexity index is 1200. The molecule has 0 unspecified atom stereocenters. The van der Waals surface area contributed by atoms with Crippen molar-refractivity contribution in [2.24, 2.45) is 5.10 Å². The maximum absolute atomic E-state index is 13.6. The fraction of sp³-hybridized carbons (Fsp3) is 0.318. The SMILES string of the molecule is FC(F)(F)c1nn(CN2CCN(Cc3ccc(Cl)cc3)CC2)c(=S)n1/N=C/c1ccc(Cl)cc1. The lowest BCUT2D eigenvalue weighted by atomic mass is 10.2. The molecule has 180 valence electrons. The number of piperazine rings is 1. The van der Waals surface area contributed by atoms with Crippen LogP contribution < -0.4 is 0 Å². The third-order valence-electron chi connectivity index (χ3n) is 5.38. The van der Waals surface area contributed by atoms with Gasteiger partial charge in [0.1, 0.15) is 0 Å². The number of nitrogens with zero attached hydrogens (tertiary/aromatic N) is 6. The van der Waals surface area contributed by atoms with Crippen molar-refractivity contribution in [2.75, 3.05) is 26.2 Å². The number of hydrogen-bond donors (Lipinski definition) is 0. The Morgan fingerprint density at radius 1 is 0.912 bits per heavy atom. The fourth-order valence-electron chi connectivity index (χ4n) is 3.57. The predicted octanol–water partition coefficient (Wildman–Crippen LogP) is 5.40. The van der Waals surface area contributed by atoms with Gasteiger partial charge in [0.25, 0.3) is 5.82 Å². The minimum absolute atomic E-state index is 0.124. The summed E-state index contributed by atoms with van der Waals surface area (Å²) in [4.78, 5) is 4.31. The van der Waals surface area contributed by atoms with E-state index in [9.17, 15) is 13.2 Å². The summed E-state index contributed by atoms with van der Waals surface area (Å²) in [6.07, 6.45) is -3.41. The first-order chi connectivity index (χ1) is 16.2. The van der Waals surface area contributed by atoms with Crippen LogP contribution in [0.15, 0.2) is 53.6 Å². The number of benzene rings is 2. The highest BCUT2D eigenvalue weighted by Gasteiger charge is 2.39. The molecule has 34 heavy (non-hydrogen) atoms. The summed E-state index contributed by atoms with van der Waals surface area (Å²) >= 11 is 17.1. The monoisotopic (exact) mass is 528 g/mol. The number of halogens is 5. The molecule has 0 spiro atoms. The van der Waals surface area contributed by atoms with Gasteiger partial charge in [0, 0.05) is 42.8 Å². The smallest absolute Gasteiger partial charge is 0.297 e. The lowest BCUT2D eigenvalue weighted by molar-refractivity contribution is -0.147. The fourth-order valence-corrected chi connectivity index (χ4v) is 4.06. The van der Waals surface area contributed by atoms with Crippen LogP contribution >= 0.6 is 35.4 Å². The molecule has 0 N–H and O–H groups in total. The van der Waals surface area contributed by atoms with Crippen LogP contribution in [0.3, 0.4) is 0 Å². The minimum atomic E-state index is -4.70. The molecule has 0 radical (unpaired) electrons. The highest BCUT2D eigenvalue weighted by Crippen LogP contribution is 2.28. The highest BCUT2D eigenvalue weighted by atomic mass is 35.5. The molecule has 1 saturated heterocycles. The molecule has 0 aliphatic carbocycles. The second kappa shape index (κ2) is 10.6. The molecule has 3 aromatic rings. The quantitative estimate of drug-likeness (QED) is 0.317. The van der Waals surface area contributed by atoms with E-state index in [1.807, 2.05) is 29.2 Å². The molecular formula is C22H21Cl2F3N6S.